The van der Waals surface area contributed by atoms with Gasteiger partial charge >= 0.3 is 0 Å². The first-order valence-electron chi connectivity index (χ1n) is 10.3. The largest absolute Gasteiger partial charge is 0.573 e. The molecule has 4 rings (SSSR count). The fourth-order valence-electron chi connectivity index (χ4n) is 4.20. The van der Waals surface area contributed by atoms with E-state index in [-0.39, 0.29) is 23.5 Å². The fraction of sp³-hybridized carbons (Fsp3) is 0.250. The van der Waals surface area contributed by atoms with Gasteiger partial charge in [-0.1, -0.05) is 47.5 Å². The van der Waals surface area contributed by atoms with Crippen LogP contribution in [0.2, 0.25) is 10.0 Å². The maximum Gasteiger partial charge on any atom is 0.166 e. The number of halogens is 4. The SMILES string of the molecule is [O-][S+](Nc1ccc(Cl)cc1Cl)N1CCCC(C(c2ccc(F)cc2)c2ccc(F)cc2)C1. The highest BCUT2D eigenvalue weighted by Crippen LogP contribution is 2.38. The van der Waals surface area contributed by atoms with Crippen LogP contribution in [0.3, 0.4) is 0 Å². The molecule has 0 amide bonds. The van der Waals surface area contributed by atoms with Crippen LogP contribution in [0.5, 0.6) is 0 Å². The summed E-state index contributed by atoms with van der Waals surface area (Å²) in [5.74, 6) is -0.565. The molecule has 1 aliphatic heterocycles. The average molecular weight is 495 g/mol. The second-order valence-electron chi connectivity index (χ2n) is 7.85. The van der Waals surface area contributed by atoms with Crippen LogP contribution in [0, 0.1) is 17.6 Å². The predicted molar refractivity (Wildman–Crippen MR) is 127 cm³/mol. The van der Waals surface area contributed by atoms with Gasteiger partial charge in [0, 0.05) is 17.5 Å². The summed E-state index contributed by atoms with van der Waals surface area (Å²) in [6.07, 6.45) is 1.76. The van der Waals surface area contributed by atoms with Gasteiger partial charge in [0.05, 0.1) is 11.6 Å². The van der Waals surface area contributed by atoms with E-state index >= 15 is 0 Å². The van der Waals surface area contributed by atoms with Crippen molar-refractivity contribution in [2.24, 2.45) is 5.92 Å². The molecular weight excluding hydrogens is 473 g/mol. The Hall–Kier alpha value is -1.83. The Balaban J connectivity index is 1.56. The van der Waals surface area contributed by atoms with Gasteiger partial charge < -0.3 is 4.55 Å². The topological polar surface area (TPSA) is 38.3 Å². The molecule has 0 aromatic heterocycles. The van der Waals surface area contributed by atoms with E-state index in [1.165, 1.54) is 24.3 Å². The van der Waals surface area contributed by atoms with Crippen molar-refractivity contribution in [1.82, 2.24) is 4.31 Å². The lowest BCUT2D eigenvalue weighted by Gasteiger charge is -2.36. The summed E-state index contributed by atoms with van der Waals surface area (Å²) >= 11 is 10.7. The van der Waals surface area contributed by atoms with Gasteiger partial charge in [-0.05, 0) is 72.4 Å². The number of benzene rings is 3. The lowest BCUT2D eigenvalue weighted by atomic mass is 9.77. The van der Waals surface area contributed by atoms with Crippen molar-refractivity contribution in [3.63, 3.8) is 0 Å². The smallest absolute Gasteiger partial charge is 0.166 e. The third-order valence-corrected chi connectivity index (χ3v) is 7.46. The number of hydrogen-bond donors (Lipinski definition) is 1. The molecule has 1 fully saturated rings. The number of nitrogens with one attached hydrogen (secondary N) is 1. The van der Waals surface area contributed by atoms with E-state index in [0.717, 1.165) is 24.0 Å². The molecule has 3 aromatic rings. The highest BCUT2D eigenvalue weighted by Gasteiger charge is 2.35. The van der Waals surface area contributed by atoms with Crippen LogP contribution in [0.1, 0.15) is 29.9 Å². The molecule has 0 spiro atoms. The van der Waals surface area contributed by atoms with Gasteiger partial charge in [-0.2, -0.15) is 4.72 Å². The number of piperidine rings is 1. The van der Waals surface area contributed by atoms with Crippen molar-refractivity contribution in [3.05, 3.63) is 99.5 Å². The molecule has 1 saturated heterocycles. The Bertz CT molecular complexity index is 1010. The zero-order chi connectivity index (χ0) is 22.7. The van der Waals surface area contributed by atoms with E-state index in [4.69, 9.17) is 23.2 Å². The maximum atomic E-state index is 13.6. The molecule has 0 aliphatic carbocycles. The lowest BCUT2D eigenvalue weighted by Crippen LogP contribution is -2.44. The van der Waals surface area contributed by atoms with Crippen molar-refractivity contribution in [2.45, 2.75) is 18.8 Å². The van der Waals surface area contributed by atoms with Crippen LogP contribution in [0.4, 0.5) is 14.5 Å². The van der Waals surface area contributed by atoms with E-state index < -0.39 is 11.5 Å². The van der Waals surface area contributed by atoms with Crippen LogP contribution in [-0.4, -0.2) is 21.9 Å². The Morgan fingerprint density at radius 1 is 0.938 bits per heavy atom. The Labute approximate surface area is 199 Å². The molecule has 32 heavy (non-hydrogen) atoms. The van der Waals surface area contributed by atoms with Gasteiger partial charge in [0.1, 0.15) is 17.3 Å². The summed E-state index contributed by atoms with van der Waals surface area (Å²) < 4.78 is 45.0. The third-order valence-electron chi connectivity index (χ3n) is 5.71. The van der Waals surface area contributed by atoms with Gasteiger partial charge in [0.2, 0.25) is 0 Å². The number of hydrogen-bond acceptors (Lipinski definition) is 3. The zero-order valence-corrected chi connectivity index (χ0v) is 19.4. The summed E-state index contributed by atoms with van der Waals surface area (Å²) in [6, 6.07) is 17.8. The van der Waals surface area contributed by atoms with Gasteiger partial charge in [-0.25, -0.2) is 8.78 Å². The quantitative estimate of drug-likeness (QED) is 0.382. The monoisotopic (exact) mass is 494 g/mol. The minimum absolute atomic E-state index is 0.0740. The first-order chi connectivity index (χ1) is 15.4. The van der Waals surface area contributed by atoms with E-state index in [9.17, 15) is 13.3 Å². The third kappa shape index (κ3) is 5.56. The van der Waals surface area contributed by atoms with Gasteiger partial charge in [-0.15, -0.1) is 4.31 Å². The van der Waals surface area contributed by atoms with E-state index in [0.29, 0.717) is 28.8 Å². The Morgan fingerprint density at radius 2 is 1.53 bits per heavy atom. The number of nitrogens with zero attached hydrogens (tertiary/aromatic N) is 1. The number of rotatable bonds is 6. The molecule has 3 nitrogen and oxygen atoms in total. The van der Waals surface area contributed by atoms with E-state index in [2.05, 4.69) is 4.72 Å². The molecule has 1 heterocycles. The molecule has 8 heteroatoms. The van der Waals surface area contributed by atoms with Crippen LogP contribution in [-0.2, 0) is 11.5 Å². The summed E-state index contributed by atoms with van der Waals surface area (Å²) in [5.41, 5.74) is 2.44. The molecule has 2 atom stereocenters. The molecule has 1 N–H and O–H groups in total. The van der Waals surface area contributed by atoms with Crippen LogP contribution in [0.25, 0.3) is 0 Å². The molecular formula is C24H22Cl2F2N2OS. The second-order valence-corrected chi connectivity index (χ2v) is 9.91. The normalized spacial score (nSPS) is 18.0. The molecule has 1 aliphatic rings. The maximum absolute atomic E-state index is 13.6. The highest BCUT2D eigenvalue weighted by atomic mass is 35.5. The van der Waals surface area contributed by atoms with Crippen molar-refractivity contribution >= 4 is 40.4 Å². The molecule has 0 saturated carbocycles. The summed E-state index contributed by atoms with van der Waals surface area (Å²) in [6.45, 7) is 1.23. The van der Waals surface area contributed by atoms with Crippen LogP contribution in [0.15, 0.2) is 66.7 Å². The van der Waals surface area contributed by atoms with Gasteiger partial charge in [-0.3, -0.25) is 0 Å². The fourth-order valence-corrected chi connectivity index (χ4v) is 5.83. The Kier molecular flexibility index (Phi) is 7.59. The van der Waals surface area contributed by atoms with Gasteiger partial charge in [0.15, 0.2) is 11.5 Å². The molecule has 2 unspecified atom stereocenters. The summed E-state index contributed by atoms with van der Waals surface area (Å²) in [4.78, 5) is 0. The minimum Gasteiger partial charge on any atom is -0.573 e. The lowest BCUT2D eigenvalue weighted by molar-refractivity contribution is 0.250. The number of anilines is 1. The predicted octanol–water partition coefficient (Wildman–Crippen LogP) is 6.81. The Morgan fingerprint density at radius 3 is 2.09 bits per heavy atom. The highest BCUT2D eigenvalue weighted by molar-refractivity contribution is 7.90. The average Bonchev–Trinajstić information content (AvgIpc) is 2.79. The first kappa shape index (κ1) is 23.3. The molecule has 0 bridgehead atoms. The van der Waals surface area contributed by atoms with Crippen LogP contribution < -0.4 is 4.72 Å². The van der Waals surface area contributed by atoms with Crippen molar-refractivity contribution in [2.75, 3.05) is 17.8 Å². The molecule has 3 aromatic carbocycles. The first-order valence-corrected chi connectivity index (χ1v) is 12.2. The standard InChI is InChI=1S/C24H22Cl2F2N2OS/c25-19-7-12-23(22(26)14-19)29-32(31)30-13-1-2-18(15-30)24(16-3-8-20(27)9-4-16)17-5-10-21(28)11-6-17/h3-12,14,18,24,29H,1-2,13,15H2. The summed E-state index contributed by atoms with van der Waals surface area (Å²) in [7, 11) is 0. The van der Waals surface area contributed by atoms with E-state index in [1.807, 2.05) is 4.31 Å². The molecule has 0 radical (unpaired) electrons. The van der Waals surface area contributed by atoms with E-state index in [1.54, 1.807) is 42.5 Å². The van der Waals surface area contributed by atoms with Crippen LogP contribution >= 0.6 is 23.2 Å². The van der Waals surface area contributed by atoms with Gasteiger partial charge in [0.25, 0.3) is 0 Å². The minimum atomic E-state index is -1.50. The van der Waals surface area contributed by atoms with Crippen molar-refractivity contribution < 1.29 is 13.3 Å². The summed E-state index contributed by atoms with van der Waals surface area (Å²) in [5, 5.41) is 0.903. The van der Waals surface area contributed by atoms with Crippen molar-refractivity contribution in [3.8, 4) is 0 Å². The zero-order valence-electron chi connectivity index (χ0n) is 17.1. The second kappa shape index (κ2) is 10.4. The van der Waals surface area contributed by atoms with Crippen molar-refractivity contribution in [1.29, 1.82) is 0 Å². The molecule has 168 valence electrons.